The molecule has 1 aromatic rings. The summed E-state index contributed by atoms with van der Waals surface area (Å²) in [6.45, 7) is 1.74. The Balaban J connectivity index is 2.82. The van der Waals surface area contributed by atoms with Crippen LogP contribution in [0.1, 0.15) is 11.8 Å². The van der Waals surface area contributed by atoms with E-state index in [1.54, 1.807) is 24.3 Å². The zero-order valence-electron chi connectivity index (χ0n) is 7.33. The van der Waals surface area contributed by atoms with E-state index in [4.69, 9.17) is 0 Å². The molecule has 0 unspecified atom stereocenters. The SMILES string of the molecule is COC(=O)C(C)=Cc1ccc(Br)s1. The van der Waals surface area contributed by atoms with Gasteiger partial charge in [0.2, 0.25) is 0 Å². The predicted molar refractivity (Wildman–Crippen MR) is 57.7 cm³/mol. The molecule has 0 bridgehead atoms. The van der Waals surface area contributed by atoms with Gasteiger partial charge in [0.25, 0.3) is 0 Å². The Bertz CT molecular complexity index is 341. The lowest BCUT2D eigenvalue weighted by Gasteiger charge is -1.96. The molecule has 0 saturated heterocycles. The number of thiophene rings is 1. The van der Waals surface area contributed by atoms with Gasteiger partial charge in [-0.3, -0.25) is 0 Å². The van der Waals surface area contributed by atoms with Crippen LogP contribution in [0.4, 0.5) is 0 Å². The van der Waals surface area contributed by atoms with Crippen LogP contribution in [-0.4, -0.2) is 13.1 Å². The Hall–Kier alpha value is -0.610. The Kier molecular flexibility index (Phi) is 3.69. The molecule has 0 N–H and O–H groups in total. The number of rotatable bonds is 2. The highest BCUT2D eigenvalue weighted by Gasteiger charge is 2.03. The Labute approximate surface area is 89.3 Å². The number of ether oxygens (including phenoxy) is 1. The van der Waals surface area contributed by atoms with E-state index in [1.165, 1.54) is 7.11 Å². The minimum absolute atomic E-state index is 0.287. The van der Waals surface area contributed by atoms with E-state index < -0.39 is 0 Å². The lowest BCUT2D eigenvalue weighted by Crippen LogP contribution is -2.00. The van der Waals surface area contributed by atoms with Crippen LogP contribution in [0, 0.1) is 0 Å². The van der Waals surface area contributed by atoms with Gasteiger partial charge in [-0.1, -0.05) is 0 Å². The third-order valence-corrected chi connectivity index (χ3v) is 3.03. The largest absolute Gasteiger partial charge is 0.466 e. The van der Waals surface area contributed by atoms with Crippen LogP contribution < -0.4 is 0 Å². The number of carbonyl (C=O) groups excluding carboxylic acids is 1. The fourth-order valence-electron chi connectivity index (χ4n) is 0.839. The normalized spacial score (nSPS) is 11.5. The van der Waals surface area contributed by atoms with Crippen LogP contribution in [-0.2, 0) is 9.53 Å². The van der Waals surface area contributed by atoms with Crippen molar-refractivity contribution in [3.63, 3.8) is 0 Å². The molecule has 0 spiro atoms. The zero-order valence-corrected chi connectivity index (χ0v) is 9.74. The summed E-state index contributed by atoms with van der Waals surface area (Å²) in [4.78, 5) is 12.1. The maximum atomic E-state index is 11.0. The van der Waals surface area contributed by atoms with Crippen molar-refractivity contribution in [2.24, 2.45) is 0 Å². The summed E-state index contributed by atoms with van der Waals surface area (Å²) in [6, 6.07) is 3.89. The minimum Gasteiger partial charge on any atom is -0.466 e. The number of hydrogen-bond acceptors (Lipinski definition) is 3. The first-order chi connectivity index (χ1) is 6.13. The van der Waals surface area contributed by atoms with Crippen molar-refractivity contribution < 1.29 is 9.53 Å². The molecular weight excluding hydrogens is 252 g/mol. The number of hydrogen-bond donors (Lipinski definition) is 0. The molecule has 0 fully saturated rings. The van der Waals surface area contributed by atoms with Gasteiger partial charge in [0, 0.05) is 10.5 Å². The summed E-state index contributed by atoms with van der Waals surface area (Å²) in [7, 11) is 1.38. The third-order valence-electron chi connectivity index (χ3n) is 1.46. The van der Waals surface area contributed by atoms with Crippen LogP contribution >= 0.6 is 27.3 Å². The first-order valence-corrected chi connectivity index (χ1v) is 5.26. The Morgan fingerprint density at radius 3 is 2.77 bits per heavy atom. The van der Waals surface area contributed by atoms with E-state index in [0.717, 1.165) is 8.66 Å². The summed E-state index contributed by atoms with van der Waals surface area (Å²) >= 11 is 4.93. The van der Waals surface area contributed by atoms with Gasteiger partial charge in [0.1, 0.15) is 0 Å². The van der Waals surface area contributed by atoms with E-state index in [0.29, 0.717) is 5.57 Å². The maximum Gasteiger partial charge on any atom is 0.333 e. The molecule has 0 radical (unpaired) electrons. The molecule has 2 nitrogen and oxygen atoms in total. The molecule has 4 heteroatoms. The molecule has 70 valence electrons. The molecule has 0 amide bonds. The molecule has 0 aliphatic heterocycles. The molecule has 0 aromatic carbocycles. The Morgan fingerprint density at radius 2 is 2.31 bits per heavy atom. The second kappa shape index (κ2) is 4.58. The molecule has 0 saturated carbocycles. The highest BCUT2D eigenvalue weighted by Crippen LogP contribution is 2.24. The van der Waals surface area contributed by atoms with Crippen molar-refractivity contribution in [1.29, 1.82) is 0 Å². The van der Waals surface area contributed by atoms with Gasteiger partial charge in [0.15, 0.2) is 0 Å². The lowest BCUT2D eigenvalue weighted by molar-refractivity contribution is -0.135. The van der Waals surface area contributed by atoms with E-state index in [1.807, 2.05) is 12.1 Å². The maximum absolute atomic E-state index is 11.0. The number of methoxy groups -OCH3 is 1. The van der Waals surface area contributed by atoms with Crippen molar-refractivity contribution in [1.82, 2.24) is 0 Å². The second-order valence-electron chi connectivity index (χ2n) is 2.46. The van der Waals surface area contributed by atoms with Gasteiger partial charge < -0.3 is 4.74 Å². The van der Waals surface area contributed by atoms with Crippen LogP contribution in [0.5, 0.6) is 0 Å². The first-order valence-electron chi connectivity index (χ1n) is 3.65. The second-order valence-corrected chi connectivity index (χ2v) is 4.96. The first kappa shape index (κ1) is 10.5. The Morgan fingerprint density at radius 1 is 1.62 bits per heavy atom. The molecule has 13 heavy (non-hydrogen) atoms. The summed E-state index contributed by atoms with van der Waals surface area (Å²) < 4.78 is 5.63. The summed E-state index contributed by atoms with van der Waals surface area (Å²) in [5.74, 6) is -0.287. The smallest absolute Gasteiger partial charge is 0.333 e. The molecule has 1 rings (SSSR count). The fraction of sp³-hybridized carbons (Fsp3) is 0.222. The molecule has 0 aliphatic carbocycles. The van der Waals surface area contributed by atoms with Crippen molar-refractivity contribution in [3.8, 4) is 0 Å². The van der Waals surface area contributed by atoms with Gasteiger partial charge in [-0.2, -0.15) is 0 Å². The van der Waals surface area contributed by atoms with Gasteiger partial charge in [-0.05, 0) is 41.1 Å². The van der Waals surface area contributed by atoms with E-state index in [2.05, 4.69) is 20.7 Å². The third kappa shape index (κ3) is 2.97. The average molecular weight is 261 g/mol. The van der Waals surface area contributed by atoms with Crippen molar-refractivity contribution in [2.45, 2.75) is 6.92 Å². The zero-order chi connectivity index (χ0) is 9.84. The minimum atomic E-state index is -0.287. The summed E-state index contributed by atoms with van der Waals surface area (Å²) in [5.41, 5.74) is 0.608. The van der Waals surface area contributed by atoms with Gasteiger partial charge in [-0.15, -0.1) is 11.3 Å². The quantitative estimate of drug-likeness (QED) is 0.604. The lowest BCUT2D eigenvalue weighted by atomic mass is 10.2. The fourth-order valence-corrected chi connectivity index (χ4v) is 2.27. The van der Waals surface area contributed by atoms with Crippen LogP contribution in [0.25, 0.3) is 6.08 Å². The van der Waals surface area contributed by atoms with E-state index in [-0.39, 0.29) is 5.97 Å². The highest BCUT2D eigenvalue weighted by molar-refractivity contribution is 9.11. The molecule has 1 heterocycles. The van der Waals surface area contributed by atoms with E-state index in [9.17, 15) is 4.79 Å². The van der Waals surface area contributed by atoms with Crippen molar-refractivity contribution >= 4 is 39.3 Å². The summed E-state index contributed by atoms with van der Waals surface area (Å²) in [5, 5.41) is 0. The average Bonchev–Trinajstić information content (AvgIpc) is 2.49. The van der Waals surface area contributed by atoms with E-state index >= 15 is 0 Å². The number of halogens is 1. The molecule has 1 aromatic heterocycles. The standard InChI is InChI=1S/C9H9BrO2S/c1-6(9(11)12-2)5-7-3-4-8(10)13-7/h3-5H,1-2H3. The van der Waals surface area contributed by atoms with Gasteiger partial charge in [0.05, 0.1) is 10.9 Å². The number of esters is 1. The number of carbonyl (C=O) groups is 1. The molecular formula is C9H9BrO2S. The van der Waals surface area contributed by atoms with Crippen molar-refractivity contribution in [3.05, 3.63) is 26.4 Å². The monoisotopic (exact) mass is 260 g/mol. The van der Waals surface area contributed by atoms with Gasteiger partial charge >= 0.3 is 5.97 Å². The highest BCUT2D eigenvalue weighted by atomic mass is 79.9. The van der Waals surface area contributed by atoms with Crippen LogP contribution in [0.3, 0.4) is 0 Å². The predicted octanol–water partition coefficient (Wildman–Crippen LogP) is 3.09. The van der Waals surface area contributed by atoms with Crippen molar-refractivity contribution in [2.75, 3.05) is 7.11 Å². The van der Waals surface area contributed by atoms with Crippen LogP contribution in [0.2, 0.25) is 0 Å². The van der Waals surface area contributed by atoms with Gasteiger partial charge in [-0.25, -0.2) is 4.79 Å². The van der Waals surface area contributed by atoms with Crippen LogP contribution in [0.15, 0.2) is 21.5 Å². The topological polar surface area (TPSA) is 26.3 Å². The molecule has 0 aliphatic rings. The molecule has 0 atom stereocenters. The summed E-state index contributed by atoms with van der Waals surface area (Å²) in [6.07, 6.45) is 1.81.